The minimum Gasteiger partial charge on any atom is -0.393 e. The minimum absolute atomic E-state index is 0.0772. The summed E-state index contributed by atoms with van der Waals surface area (Å²) in [5.74, 6) is 0.124. The smallest absolute Gasteiger partial charge is 0.270 e. The van der Waals surface area contributed by atoms with Gasteiger partial charge in [-0.2, -0.15) is 0 Å². The number of nitrogens with one attached hydrogen (secondary N) is 1. The molecule has 7 nitrogen and oxygen atoms in total. The third kappa shape index (κ3) is 3.14. The van der Waals surface area contributed by atoms with E-state index in [1.165, 1.54) is 12.1 Å². The lowest BCUT2D eigenvalue weighted by atomic mass is 9.83. The molecule has 1 aromatic carbocycles. The lowest BCUT2D eigenvalue weighted by Gasteiger charge is -2.31. The zero-order chi connectivity index (χ0) is 14.9. The van der Waals surface area contributed by atoms with Crippen LogP contribution in [0.15, 0.2) is 23.1 Å². The second-order valence-electron chi connectivity index (χ2n) is 5.05. The fourth-order valence-electron chi connectivity index (χ4n) is 2.16. The number of hydrogen-bond donors (Lipinski definition) is 2. The summed E-state index contributed by atoms with van der Waals surface area (Å²) in [7, 11) is -3.77. The van der Waals surface area contributed by atoms with Crippen molar-refractivity contribution in [2.45, 2.75) is 30.8 Å². The van der Waals surface area contributed by atoms with Crippen molar-refractivity contribution in [3.8, 4) is 0 Å². The summed E-state index contributed by atoms with van der Waals surface area (Å²) in [6.07, 6.45) is 0.816. The van der Waals surface area contributed by atoms with Gasteiger partial charge in [-0.3, -0.25) is 10.1 Å². The van der Waals surface area contributed by atoms with Crippen molar-refractivity contribution in [1.82, 2.24) is 4.72 Å². The number of non-ortho nitro benzene ring substituents is 1. The molecule has 1 aromatic rings. The van der Waals surface area contributed by atoms with Crippen LogP contribution in [-0.4, -0.2) is 31.1 Å². The Morgan fingerprint density at radius 3 is 2.65 bits per heavy atom. The normalized spacial score (nSPS) is 22.3. The van der Waals surface area contributed by atoms with Crippen molar-refractivity contribution in [2.24, 2.45) is 5.92 Å². The molecule has 1 saturated carbocycles. The second-order valence-corrected chi connectivity index (χ2v) is 6.79. The molecule has 1 aliphatic rings. The fourth-order valence-corrected chi connectivity index (χ4v) is 3.54. The summed E-state index contributed by atoms with van der Waals surface area (Å²) in [6, 6.07) is 3.75. The van der Waals surface area contributed by atoms with E-state index in [1.807, 2.05) is 0 Å². The van der Waals surface area contributed by atoms with Gasteiger partial charge in [-0.15, -0.1) is 0 Å². The van der Waals surface area contributed by atoms with Crippen LogP contribution in [0.4, 0.5) is 5.69 Å². The Morgan fingerprint density at radius 1 is 1.45 bits per heavy atom. The van der Waals surface area contributed by atoms with Gasteiger partial charge in [0.15, 0.2) is 0 Å². The number of aryl methyl sites for hydroxylation is 1. The first kappa shape index (κ1) is 14.9. The first-order chi connectivity index (χ1) is 9.29. The lowest BCUT2D eigenvalue weighted by molar-refractivity contribution is -0.385. The molecule has 1 aliphatic carbocycles. The lowest BCUT2D eigenvalue weighted by Crippen LogP contribution is -2.38. The maximum absolute atomic E-state index is 12.2. The van der Waals surface area contributed by atoms with Crippen LogP contribution < -0.4 is 4.72 Å². The monoisotopic (exact) mass is 300 g/mol. The largest absolute Gasteiger partial charge is 0.393 e. The van der Waals surface area contributed by atoms with Gasteiger partial charge >= 0.3 is 0 Å². The number of aliphatic hydroxyl groups is 1. The van der Waals surface area contributed by atoms with Gasteiger partial charge in [-0.05, 0) is 31.2 Å². The van der Waals surface area contributed by atoms with E-state index in [9.17, 15) is 18.5 Å². The molecule has 20 heavy (non-hydrogen) atoms. The summed E-state index contributed by atoms with van der Waals surface area (Å²) in [5, 5.41) is 19.9. The fraction of sp³-hybridized carbons (Fsp3) is 0.500. The summed E-state index contributed by atoms with van der Waals surface area (Å²) in [6.45, 7) is 1.83. The number of nitrogens with zero attached hydrogens (tertiary/aromatic N) is 1. The van der Waals surface area contributed by atoms with Gasteiger partial charge in [-0.25, -0.2) is 13.1 Å². The van der Waals surface area contributed by atoms with E-state index in [0.717, 1.165) is 6.07 Å². The molecule has 0 unspecified atom stereocenters. The topological polar surface area (TPSA) is 110 Å². The number of aliphatic hydroxyl groups excluding tert-OH is 1. The third-order valence-corrected chi connectivity index (χ3v) is 5.01. The molecule has 0 radical (unpaired) electrons. The van der Waals surface area contributed by atoms with E-state index in [2.05, 4.69) is 4.72 Å². The predicted octanol–water partition coefficient (Wildman–Crippen LogP) is 0.952. The van der Waals surface area contributed by atoms with Gasteiger partial charge in [0.25, 0.3) is 5.69 Å². The van der Waals surface area contributed by atoms with E-state index < -0.39 is 14.9 Å². The van der Waals surface area contributed by atoms with Gasteiger partial charge < -0.3 is 5.11 Å². The maximum Gasteiger partial charge on any atom is 0.270 e. The van der Waals surface area contributed by atoms with Crippen molar-refractivity contribution < 1.29 is 18.4 Å². The molecule has 2 N–H and O–H groups in total. The summed E-state index contributed by atoms with van der Waals surface area (Å²) in [4.78, 5) is 10.0. The predicted molar refractivity (Wildman–Crippen MR) is 71.8 cm³/mol. The first-order valence-electron chi connectivity index (χ1n) is 6.22. The van der Waals surface area contributed by atoms with Crippen molar-refractivity contribution >= 4 is 15.7 Å². The van der Waals surface area contributed by atoms with Crippen molar-refractivity contribution in [1.29, 1.82) is 0 Å². The average Bonchev–Trinajstić information content (AvgIpc) is 2.33. The summed E-state index contributed by atoms with van der Waals surface area (Å²) in [5.41, 5.74) is 0.201. The molecule has 0 amide bonds. The number of benzene rings is 1. The summed E-state index contributed by atoms with van der Waals surface area (Å²) < 4.78 is 26.8. The van der Waals surface area contributed by atoms with Crippen LogP contribution in [0.2, 0.25) is 0 Å². The highest BCUT2D eigenvalue weighted by Crippen LogP contribution is 2.27. The van der Waals surface area contributed by atoms with Gasteiger partial charge in [0, 0.05) is 18.7 Å². The van der Waals surface area contributed by atoms with Crippen LogP contribution in [0.3, 0.4) is 0 Å². The molecule has 2 rings (SSSR count). The van der Waals surface area contributed by atoms with Gasteiger partial charge in [0.1, 0.15) is 0 Å². The summed E-state index contributed by atoms with van der Waals surface area (Å²) >= 11 is 0. The number of nitro groups is 1. The van der Waals surface area contributed by atoms with Crippen LogP contribution in [0.5, 0.6) is 0 Å². The Morgan fingerprint density at radius 2 is 2.10 bits per heavy atom. The molecule has 0 bridgehead atoms. The Labute approximate surface area is 116 Å². The standard InChI is InChI=1S/C12H16N2O5S/c1-8-2-3-10(14(16)17)6-12(8)20(18,19)13-7-9-4-11(15)5-9/h2-3,6,9,11,13,15H,4-5,7H2,1H3. The van der Waals surface area contributed by atoms with Crippen molar-refractivity contribution in [3.05, 3.63) is 33.9 Å². The highest BCUT2D eigenvalue weighted by atomic mass is 32.2. The molecule has 8 heteroatoms. The maximum atomic E-state index is 12.2. The zero-order valence-electron chi connectivity index (χ0n) is 10.9. The highest BCUT2D eigenvalue weighted by molar-refractivity contribution is 7.89. The van der Waals surface area contributed by atoms with Crippen LogP contribution in [0.1, 0.15) is 18.4 Å². The van der Waals surface area contributed by atoms with Crippen LogP contribution >= 0.6 is 0 Å². The first-order valence-corrected chi connectivity index (χ1v) is 7.70. The van der Waals surface area contributed by atoms with E-state index in [1.54, 1.807) is 6.92 Å². The number of hydrogen-bond acceptors (Lipinski definition) is 5. The van der Waals surface area contributed by atoms with Gasteiger partial charge in [0.2, 0.25) is 10.0 Å². The highest BCUT2D eigenvalue weighted by Gasteiger charge is 2.29. The molecule has 110 valence electrons. The Hall–Kier alpha value is -1.51. The number of nitro benzene ring substituents is 1. The van der Waals surface area contributed by atoms with Crippen LogP contribution in [0, 0.1) is 23.0 Å². The quantitative estimate of drug-likeness (QED) is 0.621. The number of sulfonamides is 1. The molecule has 0 saturated heterocycles. The van der Waals surface area contributed by atoms with E-state index in [0.29, 0.717) is 18.4 Å². The minimum atomic E-state index is -3.77. The van der Waals surface area contributed by atoms with E-state index >= 15 is 0 Å². The van der Waals surface area contributed by atoms with Crippen molar-refractivity contribution in [2.75, 3.05) is 6.54 Å². The van der Waals surface area contributed by atoms with Gasteiger partial charge in [0.05, 0.1) is 15.9 Å². The number of rotatable bonds is 5. The molecule has 0 spiro atoms. The second kappa shape index (κ2) is 5.47. The zero-order valence-corrected chi connectivity index (χ0v) is 11.8. The van der Waals surface area contributed by atoms with Crippen LogP contribution in [0.25, 0.3) is 0 Å². The average molecular weight is 300 g/mol. The molecular weight excluding hydrogens is 284 g/mol. The van der Waals surface area contributed by atoms with Crippen LogP contribution in [-0.2, 0) is 10.0 Å². The Bertz CT molecular complexity index is 623. The van der Waals surface area contributed by atoms with E-state index in [4.69, 9.17) is 5.11 Å². The molecule has 1 fully saturated rings. The SMILES string of the molecule is Cc1ccc([N+](=O)[O-])cc1S(=O)(=O)NCC1CC(O)C1. The molecule has 0 aromatic heterocycles. The van der Waals surface area contributed by atoms with Gasteiger partial charge in [-0.1, -0.05) is 6.07 Å². The molecule has 0 heterocycles. The third-order valence-electron chi connectivity index (χ3n) is 3.44. The van der Waals surface area contributed by atoms with Crippen molar-refractivity contribution in [3.63, 3.8) is 0 Å². The Balaban J connectivity index is 2.16. The molecule has 0 aliphatic heterocycles. The molecule has 0 atom stereocenters. The molecular formula is C12H16N2O5S. The Kier molecular flexibility index (Phi) is 4.07. The van der Waals surface area contributed by atoms with E-state index in [-0.39, 0.29) is 29.1 Å².